The summed E-state index contributed by atoms with van der Waals surface area (Å²) in [4.78, 5) is 15.4. The summed E-state index contributed by atoms with van der Waals surface area (Å²) in [6, 6.07) is 3.33. The summed E-state index contributed by atoms with van der Waals surface area (Å²) in [5.41, 5.74) is 0.684. The van der Waals surface area contributed by atoms with Gasteiger partial charge in [-0.25, -0.2) is 0 Å². The van der Waals surface area contributed by atoms with Gasteiger partial charge < -0.3 is 0 Å². The van der Waals surface area contributed by atoms with Crippen LogP contribution in [0.4, 0.5) is 10.5 Å². The van der Waals surface area contributed by atoms with Gasteiger partial charge in [-0.2, -0.15) is 0 Å². The number of carbonyl (C=O) groups excluding carboxylic acids is 1. The zero-order chi connectivity index (χ0) is 11.8. The number of ether oxygens (including phenoxy) is 1. The standard InChI is InChI=1S/C10H14N3O2.Hg/c1-8(15-2)6-12-10(14)13-9-4-3-5-11-7-9;/h3-5,7-8H,1,6H2,2H3,(H2,12,13,14);. The van der Waals surface area contributed by atoms with Gasteiger partial charge >= 0.3 is 111 Å². The second-order valence-corrected chi connectivity index (χ2v) is 5.47. The Kier molecular flexibility index (Phi) is 6.33. The fourth-order valence-electron chi connectivity index (χ4n) is 1.12. The molecule has 0 aliphatic carbocycles. The molecule has 0 aromatic carbocycles. The van der Waals surface area contributed by atoms with Crippen molar-refractivity contribution in [3.63, 3.8) is 0 Å². The van der Waals surface area contributed by atoms with Gasteiger partial charge in [-0.15, -0.1) is 0 Å². The van der Waals surface area contributed by atoms with Crippen LogP contribution in [0.25, 0.3) is 0 Å². The molecule has 0 aliphatic heterocycles. The Hall–Kier alpha value is -0.685. The Morgan fingerprint density at radius 3 is 3.06 bits per heavy atom. The normalized spacial score (nSPS) is 11.9. The molecule has 0 radical (unpaired) electrons. The van der Waals surface area contributed by atoms with Crippen molar-refractivity contribution in [3.8, 4) is 0 Å². The Morgan fingerprint density at radius 2 is 2.50 bits per heavy atom. The Morgan fingerprint density at radius 1 is 1.69 bits per heavy atom. The first kappa shape index (κ1) is 13.4. The maximum atomic E-state index is 11.5. The molecule has 0 saturated heterocycles. The molecule has 0 fully saturated rings. The van der Waals surface area contributed by atoms with Crippen molar-refractivity contribution in [1.29, 1.82) is 0 Å². The van der Waals surface area contributed by atoms with E-state index in [0.717, 1.165) is 3.93 Å². The van der Waals surface area contributed by atoms with Gasteiger partial charge in [-0.1, -0.05) is 0 Å². The molecule has 1 aromatic rings. The van der Waals surface area contributed by atoms with Gasteiger partial charge in [0.2, 0.25) is 0 Å². The summed E-state index contributed by atoms with van der Waals surface area (Å²) >= 11 is 0.684. The van der Waals surface area contributed by atoms with E-state index in [1.807, 2.05) is 0 Å². The third-order valence-corrected chi connectivity index (χ3v) is 4.57. The second-order valence-electron chi connectivity index (χ2n) is 3.22. The van der Waals surface area contributed by atoms with Crippen molar-refractivity contribution < 1.29 is 35.7 Å². The predicted octanol–water partition coefficient (Wildman–Crippen LogP) is 1.18. The first-order valence-corrected chi connectivity index (χ1v) is 8.92. The van der Waals surface area contributed by atoms with Gasteiger partial charge in [0, 0.05) is 0 Å². The molecular weight excluding hydrogens is 395 g/mol. The molecule has 2 amide bonds. The molecule has 0 aliphatic rings. The van der Waals surface area contributed by atoms with E-state index in [2.05, 4.69) is 15.6 Å². The van der Waals surface area contributed by atoms with Crippen molar-refractivity contribution in [2.45, 2.75) is 10.0 Å². The third-order valence-electron chi connectivity index (χ3n) is 2.07. The van der Waals surface area contributed by atoms with E-state index in [-0.39, 0.29) is 12.1 Å². The molecule has 1 atom stereocenters. The number of amides is 2. The average molecular weight is 409 g/mol. The predicted molar refractivity (Wildman–Crippen MR) is 56.9 cm³/mol. The molecule has 1 aromatic heterocycles. The number of nitrogens with one attached hydrogen (secondary N) is 2. The number of hydrogen-bond acceptors (Lipinski definition) is 3. The number of aromatic nitrogens is 1. The van der Waals surface area contributed by atoms with Crippen LogP contribution in [0.1, 0.15) is 0 Å². The number of nitrogens with zero attached hydrogens (tertiary/aromatic N) is 1. The number of hydrogen-bond donors (Lipinski definition) is 2. The van der Waals surface area contributed by atoms with Crippen molar-refractivity contribution in [2.24, 2.45) is 0 Å². The number of pyridine rings is 1. The van der Waals surface area contributed by atoms with E-state index >= 15 is 0 Å². The van der Waals surface area contributed by atoms with Crippen LogP contribution in [0.3, 0.4) is 0 Å². The van der Waals surface area contributed by atoms with Crippen LogP contribution >= 0.6 is 0 Å². The molecule has 1 rings (SSSR count). The molecule has 0 bridgehead atoms. The van der Waals surface area contributed by atoms with Gasteiger partial charge in [0.05, 0.1) is 0 Å². The van der Waals surface area contributed by atoms with Gasteiger partial charge in [0.15, 0.2) is 0 Å². The maximum absolute atomic E-state index is 11.5. The summed E-state index contributed by atoms with van der Waals surface area (Å²) < 4.78 is 6.25. The molecular formula is C10H14HgN3O2. The Balaban J connectivity index is 2.31. The zero-order valence-electron chi connectivity index (χ0n) is 9.27. The van der Waals surface area contributed by atoms with Crippen LogP contribution in [-0.4, -0.2) is 30.8 Å². The van der Waals surface area contributed by atoms with Gasteiger partial charge in [-0.3, -0.25) is 0 Å². The molecule has 2 N–H and O–H groups in total. The number of methoxy groups -OCH3 is 1. The number of urea groups is 1. The van der Waals surface area contributed by atoms with Crippen LogP contribution in [-0.2, 0) is 30.9 Å². The van der Waals surface area contributed by atoms with Crippen LogP contribution in [0.2, 0.25) is 3.93 Å². The van der Waals surface area contributed by atoms with E-state index in [1.54, 1.807) is 31.6 Å². The van der Waals surface area contributed by atoms with E-state index in [4.69, 9.17) is 4.74 Å². The van der Waals surface area contributed by atoms with Crippen LogP contribution < -0.4 is 10.6 Å². The van der Waals surface area contributed by atoms with E-state index in [0.29, 0.717) is 38.4 Å². The topological polar surface area (TPSA) is 63.2 Å². The average Bonchev–Trinajstić information content (AvgIpc) is 2.31. The third kappa shape index (κ3) is 4.89. The molecule has 83 valence electrons. The zero-order valence-corrected chi connectivity index (χ0v) is 14.8. The second kappa shape index (κ2) is 7.57. The summed E-state index contributed by atoms with van der Waals surface area (Å²) in [7, 11) is 1.66. The van der Waals surface area contributed by atoms with Crippen molar-refractivity contribution in [1.82, 2.24) is 10.3 Å². The van der Waals surface area contributed by atoms with Crippen molar-refractivity contribution >= 4 is 11.7 Å². The summed E-state index contributed by atoms with van der Waals surface area (Å²) in [6.45, 7) is 0.548. The number of rotatable bonds is 5. The number of anilines is 1. The van der Waals surface area contributed by atoms with Crippen LogP contribution in [0.15, 0.2) is 24.5 Å². The van der Waals surface area contributed by atoms with E-state index in [1.165, 1.54) is 0 Å². The Labute approximate surface area is 111 Å². The SMILES string of the molecule is COC([CH2][Hg])CNC(=O)Nc1cccnc1. The summed E-state index contributed by atoms with van der Waals surface area (Å²) in [5.74, 6) is 0. The first-order valence-electron chi connectivity index (χ1n) is 5.03. The van der Waals surface area contributed by atoms with Crippen molar-refractivity contribution in [2.75, 3.05) is 19.0 Å². The molecule has 0 saturated carbocycles. The molecule has 1 heterocycles. The molecule has 1 unspecified atom stereocenters. The van der Waals surface area contributed by atoms with Gasteiger partial charge in [-0.05, 0) is 0 Å². The van der Waals surface area contributed by atoms with Crippen molar-refractivity contribution in [3.05, 3.63) is 24.5 Å². The molecule has 5 nitrogen and oxygen atoms in total. The van der Waals surface area contributed by atoms with Gasteiger partial charge in [0.25, 0.3) is 0 Å². The monoisotopic (exact) mass is 410 g/mol. The molecule has 0 spiro atoms. The van der Waals surface area contributed by atoms with Gasteiger partial charge in [0.1, 0.15) is 0 Å². The fourth-order valence-corrected chi connectivity index (χ4v) is 2.83. The minimum absolute atomic E-state index is 0.142. The van der Waals surface area contributed by atoms with E-state index < -0.39 is 0 Å². The Bertz CT molecular complexity index is 317. The summed E-state index contributed by atoms with van der Waals surface area (Å²) in [5, 5.41) is 5.45. The summed E-state index contributed by atoms with van der Waals surface area (Å²) in [6.07, 6.45) is 3.40. The first-order chi connectivity index (χ1) is 7.76. The van der Waals surface area contributed by atoms with Crippen LogP contribution in [0, 0.1) is 0 Å². The van der Waals surface area contributed by atoms with E-state index in [9.17, 15) is 4.79 Å². The van der Waals surface area contributed by atoms with Crippen LogP contribution in [0.5, 0.6) is 0 Å². The quantitative estimate of drug-likeness (QED) is 0.719. The minimum atomic E-state index is -0.225. The molecule has 6 heteroatoms. The molecule has 16 heavy (non-hydrogen) atoms. The fraction of sp³-hybridized carbons (Fsp3) is 0.400. The number of carbonyl (C=O) groups is 1.